The molecule has 3 heteroatoms. The largest absolute Gasteiger partial charge is 0.389 e. The number of fused-ring (bicyclic) bond motifs is 3. The van der Waals surface area contributed by atoms with Crippen molar-refractivity contribution in [3.8, 4) is 0 Å². The van der Waals surface area contributed by atoms with Crippen molar-refractivity contribution in [1.82, 2.24) is 5.32 Å². The highest BCUT2D eigenvalue weighted by molar-refractivity contribution is 5.83. The minimum Gasteiger partial charge on any atom is -0.389 e. The molecule has 2 N–H and O–H groups in total. The summed E-state index contributed by atoms with van der Waals surface area (Å²) in [5.41, 5.74) is -0.461. The van der Waals surface area contributed by atoms with E-state index in [9.17, 15) is 9.90 Å². The fourth-order valence-corrected chi connectivity index (χ4v) is 3.91. The van der Waals surface area contributed by atoms with Crippen LogP contribution in [0.3, 0.4) is 0 Å². The molecule has 0 aromatic carbocycles. The van der Waals surface area contributed by atoms with Crippen molar-refractivity contribution < 1.29 is 9.90 Å². The van der Waals surface area contributed by atoms with Gasteiger partial charge in [-0.15, -0.1) is 0 Å². The van der Waals surface area contributed by atoms with Crippen LogP contribution in [-0.2, 0) is 4.79 Å². The van der Waals surface area contributed by atoms with Crippen LogP contribution in [0.4, 0.5) is 0 Å². The van der Waals surface area contributed by atoms with Crippen LogP contribution < -0.4 is 5.32 Å². The molecule has 110 valence electrons. The standard InChI is InChI=1S/C16H29NO2/c1-12(2)15-5-8-16(9-6-15,10-7-15)13(18)17-11-14(3,4)19/h12,19H,5-11H2,1-4H3,(H,17,18). The van der Waals surface area contributed by atoms with Crippen molar-refractivity contribution in [3.05, 3.63) is 0 Å². The Bertz CT molecular complexity index is 330. The molecule has 0 spiro atoms. The first-order valence-corrected chi connectivity index (χ1v) is 7.70. The number of hydrogen-bond donors (Lipinski definition) is 2. The van der Waals surface area contributed by atoms with E-state index >= 15 is 0 Å². The van der Waals surface area contributed by atoms with E-state index in [1.807, 2.05) is 0 Å². The molecule has 3 saturated carbocycles. The van der Waals surface area contributed by atoms with Gasteiger partial charge in [0, 0.05) is 12.0 Å². The summed E-state index contributed by atoms with van der Waals surface area (Å²) < 4.78 is 0. The summed E-state index contributed by atoms with van der Waals surface area (Å²) in [5.74, 6) is 0.900. The number of rotatable bonds is 4. The van der Waals surface area contributed by atoms with Gasteiger partial charge in [-0.1, -0.05) is 13.8 Å². The highest BCUT2D eigenvalue weighted by Gasteiger charge is 2.53. The van der Waals surface area contributed by atoms with Crippen LogP contribution in [0.25, 0.3) is 0 Å². The summed E-state index contributed by atoms with van der Waals surface area (Å²) in [6, 6.07) is 0. The Hall–Kier alpha value is -0.570. The summed E-state index contributed by atoms with van der Waals surface area (Å²) in [6.07, 6.45) is 6.68. The second-order valence-electron chi connectivity index (χ2n) is 7.79. The number of aliphatic hydroxyl groups is 1. The predicted molar refractivity (Wildman–Crippen MR) is 76.7 cm³/mol. The van der Waals surface area contributed by atoms with Crippen molar-refractivity contribution in [2.24, 2.45) is 16.7 Å². The zero-order valence-corrected chi connectivity index (χ0v) is 12.9. The summed E-state index contributed by atoms with van der Waals surface area (Å²) in [6.45, 7) is 8.47. The number of amides is 1. The quantitative estimate of drug-likeness (QED) is 0.823. The Morgan fingerprint density at radius 2 is 1.63 bits per heavy atom. The van der Waals surface area contributed by atoms with Gasteiger partial charge >= 0.3 is 0 Å². The van der Waals surface area contributed by atoms with E-state index in [0.29, 0.717) is 12.0 Å². The lowest BCUT2D eigenvalue weighted by Gasteiger charge is -2.54. The van der Waals surface area contributed by atoms with Gasteiger partial charge in [-0.05, 0) is 63.7 Å². The first-order chi connectivity index (χ1) is 8.69. The lowest BCUT2D eigenvalue weighted by molar-refractivity contribution is -0.143. The second-order valence-corrected chi connectivity index (χ2v) is 7.79. The monoisotopic (exact) mass is 267 g/mol. The molecule has 0 unspecified atom stereocenters. The first kappa shape index (κ1) is 14.8. The van der Waals surface area contributed by atoms with Gasteiger partial charge in [0.1, 0.15) is 0 Å². The Labute approximate surface area is 117 Å². The molecule has 0 radical (unpaired) electrons. The normalized spacial score (nSPS) is 34.6. The average molecular weight is 267 g/mol. The smallest absolute Gasteiger partial charge is 0.226 e. The Morgan fingerprint density at radius 1 is 1.16 bits per heavy atom. The Balaban J connectivity index is 1.98. The van der Waals surface area contributed by atoms with Gasteiger partial charge in [0.15, 0.2) is 0 Å². The molecule has 3 fully saturated rings. The van der Waals surface area contributed by atoms with Gasteiger partial charge in [0.25, 0.3) is 0 Å². The van der Waals surface area contributed by atoms with Crippen LogP contribution >= 0.6 is 0 Å². The molecule has 19 heavy (non-hydrogen) atoms. The second kappa shape index (κ2) is 4.76. The summed E-state index contributed by atoms with van der Waals surface area (Å²) in [4.78, 5) is 12.5. The molecule has 0 aromatic heterocycles. The van der Waals surface area contributed by atoms with Crippen LogP contribution in [0.1, 0.15) is 66.2 Å². The molecule has 3 aliphatic carbocycles. The average Bonchev–Trinajstić information content (AvgIpc) is 2.37. The number of nitrogens with one attached hydrogen (secondary N) is 1. The summed E-state index contributed by atoms with van der Waals surface area (Å²) >= 11 is 0. The highest BCUT2D eigenvalue weighted by Crippen LogP contribution is 2.59. The molecule has 0 heterocycles. The zero-order valence-electron chi connectivity index (χ0n) is 12.9. The van der Waals surface area contributed by atoms with Crippen LogP contribution in [0.15, 0.2) is 0 Å². The van der Waals surface area contributed by atoms with Gasteiger partial charge in [0.2, 0.25) is 5.91 Å². The maximum Gasteiger partial charge on any atom is 0.226 e. The number of carbonyl (C=O) groups is 1. The van der Waals surface area contributed by atoms with Crippen LogP contribution in [0, 0.1) is 16.7 Å². The zero-order chi connectivity index (χ0) is 14.3. The van der Waals surface area contributed by atoms with E-state index in [0.717, 1.165) is 25.2 Å². The third-order valence-corrected chi connectivity index (χ3v) is 5.69. The van der Waals surface area contributed by atoms with E-state index in [1.54, 1.807) is 13.8 Å². The van der Waals surface area contributed by atoms with Crippen LogP contribution in [-0.4, -0.2) is 23.2 Å². The molecule has 0 atom stereocenters. The van der Waals surface area contributed by atoms with Gasteiger partial charge in [-0.25, -0.2) is 0 Å². The fraction of sp³-hybridized carbons (Fsp3) is 0.938. The van der Waals surface area contributed by atoms with Crippen molar-refractivity contribution in [1.29, 1.82) is 0 Å². The third-order valence-electron chi connectivity index (χ3n) is 5.69. The predicted octanol–water partition coefficient (Wildman–Crippen LogP) is 2.87. The minimum atomic E-state index is -0.822. The fourth-order valence-electron chi connectivity index (χ4n) is 3.91. The highest BCUT2D eigenvalue weighted by atomic mass is 16.3. The molecule has 2 bridgehead atoms. The lowest BCUT2D eigenvalue weighted by Crippen LogP contribution is -2.53. The molecule has 3 aliphatic rings. The van der Waals surface area contributed by atoms with E-state index < -0.39 is 5.60 Å². The summed E-state index contributed by atoms with van der Waals surface area (Å²) in [5, 5.41) is 12.7. The maximum absolute atomic E-state index is 12.5. The molecule has 0 aliphatic heterocycles. The van der Waals surface area contributed by atoms with E-state index in [2.05, 4.69) is 19.2 Å². The van der Waals surface area contributed by atoms with E-state index in [-0.39, 0.29) is 11.3 Å². The molecular formula is C16H29NO2. The van der Waals surface area contributed by atoms with Crippen molar-refractivity contribution in [3.63, 3.8) is 0 Å². The molecule has 0 saturated heterocycles. The Morgan fingerprint density at radius 3 is 2.00 bits per heavy atom. The maximum atomic E-state index is 12.5. The minimum absolute atomic E-state index is 0.137. The van der Waals surface area contributed by atoms with E-state index in [1.165, 1.54) is 19.3 Å². The van der Waals surface area contributed by atoms with Gasteiger partial charge < -0.3 is 10.4 Å². The number of carbonyl (C=O) groups excluding carboxylic acids is 1. The SMILES string of the molecule is CC(C)C12CCC(C(=O)NCC(C)(C)O)(CC1)CC2. The van der Waals surface area contributed by atoms with Gasteiger partial charge in [-0.2, -0.15) is 0 Å². The third kappa shape index (κ3) is 2.81. The summed E-state index contributed by atoms with van der Waals surface area (Å²) in [7, 11) is 0. The molecule has 3 nitrogen and oxygen atoms in total. The topological polar surface area (TPSA) is 49.3 Å². The van der Waals surface area contributed by atoms with Crippen LogP contribution in [0.5, 0.6) is 0 Å². The first-order valence-electron chi connectivity index (χ1n) is 7.70. The molecule has 1 amide bonds. The van der Waals surface area contributed by atoms with E-state index in [4.69, 9.17) is 0 Å². The van der Waals surface area contributed by atoms with Gasteiger partial charge in [-0.3, -0.25) is 4.79 Å². The van der Waals surface area contributed by atoms with Crippen molar-refractivity contribution >= 4 is 5.91 Å². The number of hydrogen-bond acceptors (Lipinski definition) is 2. The van der Waals surface area contributed by atoms with Gasteiger partial charge in [0.05, 0.1) is 5.60 Å². The van der Waals surface area contributed by atoms with Crippen molar-refractivity contribution in [2.45, 2.75) is 71.8 Å². The molecular weight excluding hydrogens is 238 g/mol. The van der Waals surface area contributed by atoms with Crippen LogP contribution in [0.2, 0.25) is 0 Å². The Kier molecular flexibility index (Phi) is 3.72. The molecule has 0 aromatic rings. The van der Waals surface area contributed by atoms with Crippen molar-refractivity contribution in [2.75, 3.05) is 6.54 Å². The lowest BCUT2D eigenvalue weighted by atomic mass is 9.50. The molecule has 3 rings (SSSR count).